The van der Waals surface area contributed by atoms with Crippen molar-refractivity contribution in [3.05, 3.63) is 97.8 Å². The number of carbonyl (C=O) groups is 3. The number of halogens is 3. The number of anilines is 1. The first-order chi connectivity index (χ1) is 17.7. The molecule has 0 radical (unpaired) electrons. The van der Waals surface area contributed by atoms with Crippen LogP contribution in [0.5, 0.6) is 5.75 Å². The molecule has 0 aliphatic carbocycles. The van der Waals surface area contributed by atoms with Crippen LogP contribution in [0, 0.1) is 5.82 Å². The van der Waals surface area contributed by atoms with Crippen LogP contribution in [0.1, 0.15) is 23.6 Å². The van der Waals surface area contributed by atoms with Crippen molar-refractivity contribution in [1.82, 2.24) is 10.2 Å². The van der Waals surface area contributed by atoms with Crippen LogP contribution in [0.4, 0.5) is 14.9 Å². The van der Waals surface area contributed by atoms with Crippen molar-refractivity contribution in [3.63, 3.8) is 0 Å². The van der Waals surface area contributed by atoms with Crippen molar-refractivity contribution in [2.75, 3.05) is 11.9 Å². The lowest BCUT2D eigenvalue weighted by molar-refractivity contribution is -0.127. The number of imide groups is 1. The highest BCUT2D eigenvalue weighted by molar-refractivity contribution is 9.11. The Hall–Kier alpha value is -3.50. The molecule has 1 heterocycles. The standard InChI is InChI=1S/C27H22Br2FN3O4/c1-2-18-7-3-4-9-22(18)31-24(34)14-33-26(35)23(32-27(33)36)13-17-11-20(28)25(21(29)12-17)37-15-16-6-5-8-19(30)10-16/h3-13H,2,14-15H2,1H3,(H,31,34)(H,32,36)/b23-13+. The number of nitrogens with one attached hydrogen (secondary N) is 2. The van der Waals surface area contributed by atoms with Crippen LogP contribution in [0.15, 0.2) is 75.3 Å². The lowest BCUT2D eigenvalue weighted by Crippen LogP contribution is -2.38. The highest BCUT2D eigenvalue weighted by Crippen LogP contribution is 2.36. The van der Waals surface area contributed by atoms with Crippen molar-refractivity contribution < 1.29 is 23.5 Å². The molecule has 7 nitrogen and oxygen atoms in total. The Morgan fingerprint density at radius 1 is 1.08 bits per heavy atom. The van der Waals surface area contributed by atoms with E-state index in [1.807, 2.05) is 19.1 Å². The zero-order valence-electron chi connectivity index (χ0n) is 19.7. The molecule has 10 heteroatoms. The van der Waals surface area contributed by atoms with Crippen LogP contribution >= 0.6 is 31.9 Å². The Balaban J connectivity index is 1.44. The first kappa shape index (κ1) is 26.6. The minimum Gasteiger partial charge on any atom is -0.487 e. The fourth-order valence-corrected chi connectivity index (χ4v) is 5.20. The third-order valence-electron chi connectivity index (χ3n) is 5.54. The molecule has 0 bridgehead atoms. The molecule has 1 saturated heterocycles. The summed E-state index contributed by atoms with van der Waals surface area (Å²) in [4.78, 5) is 38.7. The number of amides is 4. The summed E-state index contributed by atoms with van der Waals surface area (Å²) >= 11 is 6.91. The van der Waals surface area contributed by atoms with Crippen molar-refractivity contribution in [2.24, 2.45) is 0 Å². The number of carbonyl (C=O) groups excluding carboxylic acids is 3. The van der Waals surface area contributed by atoms with E-state index < -0.39 is 24.4 Å². The first-order valence-electron chi connectivity index (χ1n) is 11.3. The number of urea groups is 1. The SMILES string of the molecule is CCc1ccccc1NC(=O)CN1C(=O)N/C(=C/c2cc(Br)c(OCc3cccc(F)c3)c(Br)c2)C1=O. The van der Waals surface area contributed by atoms with Crippen molar-refractivity contribution in [3.8, 4) is 5.75 Å². The van der Waals surface area contributed by atoms with Crippen molar-refractivity contribution >= 4 is 61.5 Å². The van der Waals surface area contributed by atoms with Gasteiger partial charge >= 0.3 is 6.03 Å². The smallest absolute Gasteiger partial charge is 0.329 e. The number of hydrogen-bond donors (Lipinski definition) is 2. The third kappa shape index (κ3) is 6.44. The van der Waals surface area contributed by atoms with Gasteiger partial charge in [0.2, 0.25) is 5.91 Å². The van der Waals surface area contributed by atoms with E-state index in [9.17, 15) is 18.8 Å². The number of hydrogen-bond acceptors (Lipinski definition) is 4. The van der Waals surface area contributed by atoms with Crippen molar-refractivity contribution in [1.29, 1.82) is 0 Å². The molecule has 3 aromatic rings. The summed E-state index contributed by atoms with van der Waals surface area (Å²) in [6.07, 6.45) is 2.24. The fraction of sp³-hybridized carbons (Fsp3) is 0.148. The number of aryl methyl sites for hydroxylation is 1. The van der Waals surface area contributed by atoms with Gasteiger partial charge in [-0.2, -0.15) is 0 Å². The predicted molar refractivity (Wildman–Crippen MR) is 145 cm³/mol. The van der Waals surface area contributed by atoms with Crippen LogP contribution in [-0.2, 0) is 22.6 Å². The Morgan fingerprint density at radius 2 is 1.81 bits per heavy atom. The monoisotopic (exact) mass is 629 g/mol. The van der Waals surface area contributed by atoms with Gasteiger partial charge in [-0.15, -0.1) is 0 Å². The second-order valence-electron chi connectivity index (χ2n) is 8.17. The van der Waals surface area contributed by atoms with E-state index in [1.54, 1.807) is 36.4 Å². The molecular formula is C27H22Br2FN3O4. The molecule has 4 rings (SSSR count). The number of ether oxygens (including phenoxy) is 1. The molecule has 0 spiro atoms. The van der Waals surface area contributed by atoms with Crippen LogP contribution in [0.25, 0.3) is 6.08 Å². The number of nitrogens with zero attached hydrogens (tertiary/aromatic N) is 1. The van der Waals surface area contributed by atoms with Gasteiger partial charge in [-0.1, -0.05) is 37.3 Å². The van der Waals surface area contributed by atoms with Gasteiger partial charge < -0.3 is 15.4 Å². The summed E-state index contributed by atoms with van der Waals surface area (Å²) in [5.74, 6) is -0.931. The largest absolute Gasteiger partial charge is 0.487 e. The maximum atomic E-state index is 13.4. The van der Waals surface area contributed by atoms with Crippen LogP contribution in [0.3, 0.4) is 0 Å². The lowest BCUT2D eigenvalue weighted by Gasteiger charge is -2.13. The highest BCUT2D eigenvalue weighted by atomic mass is 79.9. The van der Waals surface area contributed by atoms with Crippen LogP contribution in [0.2, 0.25) is 0 Å². The second-order valence-corrected chi connectivity index (χ2v) is 9.88. The van der Waals surface area contributed by atoms with E-state index in [4.69, 9.17) is 4.74 Å². The van der Waals surface area contributed by atoms with E-state index in [1.165, 1.54) is 18.2 Å². The molecule has 1 fully saturated rings. The van der Waals surface area contributed by atoms with E-state index in [0.717, 1.165) is 16.9 Å². The summed E-state index contributed by atoms with van der Waals surface area (Å²) in [5, 5.41) is 5.28. The first-order valence-corrected chi connectivity index (χ1v) is 12.9. The Labute approximate surface area is 229 Å². The molecule has 0 unspecified atom stereocenters. The number of rotatable bonds is 8. The van der Waals surface area contributed by atoms with Gasteiger partial charge in [0, 0.05) is 5.69 Å². The van der Waals surface area contributed by atoms with Crippen LogP contribution in [-0.4, -0.2) is 29.3 Å². The third-order valence-corrected chi connectivity index (χ3v) is 6.72. The van der Waals surface area contributed by atoms with Gasteiger partial charge in [0.05, 0.1) is 8.95 Å². The van der Waals surface area contributed by atoms with Gasteiger partial charge in [0.1, 0.15) is 30.4 Å². The van der Waals surface area contributed by atoms with Gasteiger partial charge in [-0.3, -0.25) is 9.59 Å². The molecule has 1 aliphatic rings. The highest BCUT2D eigenvalue weighted by Gasteiger charge is 2.35. The summed E-state index contributed by atoms with van der Waals surface area (Å²) in [6.45, 7) is 1.71. The Morgan fingerprint density at radius 3 is 2.51 bits per heavy atom. The molecule has 1 aliphatic heterocycles. The predicted octanol–water partition coefficient (Wildman–Crippen LogP) is 6.02. The topological polar surface area (TPSA) is 87.7 Å². The van der Waals surface area contributed by atoms with Gasteiger partial charge in [-0.05, 0) is 91.4 Å². The minimum atomic E-state index is -0.677. The summed E-state index contributed by atoms with van der Waals surface area (Å²) < 4.78 is 20.4. The van der Waals surface area contributed by atoms with E-state index in [0.29, 0.717) is 31.5 Å². The zero-order chi connectivity index (χ0) is 26.5. The molecule has 190 valence electrons. The summed E-state index contributed by atoms with van der Waals surface area (Å²) in [6, 6.07) is 16.2. The average molecular weight is 631 g/mol. The lowest BCUT2D eigenvalue weighted by atomic mass is 10.1. The van der Waals surface area contributed by atoms with Gasteiger partial charge in [0.15, 0.2) is 0 Å². The van der Waals surface area contributed by atoms with Gasteiger partial charge in [0.25, 0.3) is 5.91 Å². The summed E-state index contributed by atoms with van der Waals surface area (Å²) in [5.41, 5.74) is 2.91. The number of para-hydroxylation sites is 1. The molecule has 0 aromatic heterocycles. The van der Waals surface area contributed by atoms with Gasteiger partial charge in [-0.25, -0.2) is 14.1 Å². The van der Waals surface area contributed by atoms with E-state index in [2.05, 4.69) is 42.5 Å². The fourth-order valence-electron chi connectivity index (χ4n) is 3.75. The normalized spacial score (nSPS) is 14.2. The quantitative estimate of drug-likeness (QED) is 0.235. The van der Waals surface area contributed by atoms with E-state index >= 15 is 0 Å². The Kier molecular flexibility index (Phi) is 8.40. The molecule has 4 amide bonds. The van der Waals surface area contributed by atoms with Crippen LogP contribution < -0.4 is 15.4 Å². The minimum absolute atomic E-state index is 0.0407. The molecule has 37 heavy (non-hydrogen) atoms. The average Bonchev–Trinajstić information content (AvgIpc) is 3.11. The molecule has 0 saturated carbocycles. The maximum Gasteiger partial charge on any atom is 0.329 e. The number of benzene rings is 3. The molecular weight excluding hydrogens is 609 g/mol. The summed E-state index contributed by atoms with van der Waals surface area (Å²) in [7, 11) is 0. The maximum absolute atomic E-state index is 13.4. The second kappa shape index (κ2) is 11.7. The van der Waals surface area contributed by atoms with Crippen molar-refractivity contribution in [2.45, 2.75) is 20.0 Å². The zero-order valence-corrected chi connectivity index (χ0v) is 22.9. The van der Waals surface area contributed by atoms with E-state index in [-0.39, 0.29) is 18.1 Å². The molecule has 2 N–H and O–H groups in total. The molecule has 3 aromatic carbocycles. The molecule has 0 atom stereocenters. The Bertz CT molecular complexity index is 1390.